The number of hydrogen-bond acceptors (Lipinski definition) is 4. The Kier molecular flexibility index (Phi) is 4.69. The van der Waals surface area contributed by atoms with Crippen LogP contribution in [-0.4, -0.2) is 15.9 Å². The summed E-state index contributed by atoms with van der Waals surface area (Å²) in [7, 11) is 0. The lowest BCUT2D eigenvalue weighted by Crippen LogP contribution is -2.32. The summed E-state index contributed by atoms with van der Waals surface area (Å²) in [5.41, 5.74) is 6.09. The van der Waals surface area contributed by atoms with E-state index in [1.807, 2.05) is 0 Å². The zero-order valence-electron chi connectivity index (χ0n) is 12.3. The van der Waals surface area contributed by atoms with Gasteiger partial charge in [-0.2, -0.15) is 0 Å². The van der Waals surface area contributed by atoms with Crippen LogP contribution < -0.4 is 5.73 Å². The van der Waals surface area contributed by atoms with Gasteiger partial charge in [0, 0.05) is 35.8 Å². The second-order valence-corrected chi connectivity index (χ2v) is 6.89. The second kappa shape index (κ2) is 6.71. The summed E-state index contributed by atoms with van der Waals surface area (Å²) >= 11 is 1.45. The molecule has 3 rings (SSSR count). The summed E-state index contributed by atoms with van der Waals surface area (Å²) in [5.74, 6) is -0.752. The minimum Gasteiger partial charge on any atom is -0.375 e. The first-order valence-electron chi connectivity index (χ1n) is 7.50. The van der Waals surface area contributed by atoms with Gasteiger partial charge in [0.1, 0.15) is 11.6 Å². The lowest BCUT2D eigenvalue weighted by molar-refractivity contribution is 0.179. The van der Waals surface area contributed by atoms with Gasteiger partial charge in [0.25, 0.3) is 0 Å². The quantitative estimate of drug-likeness (QED) is 0.906. The van der Waals surface area contributed by atoms with Crippen LogP contribution in [0.1, 0.15) is 36.1 Å². The SMILES string of the molecule is Nc1ncc(CN(Cc2cc(F)ccc2F)C2CCCC2)s1. The third-order valence-corrected chi connectivity index (χ3v) is 4.96. The lowest BCUT2D eigenvalue weighted by Gasteiger charge is -2.28. The van der Waals surface area contributed by atoms with E-state index in [4.69, 9.17) is 5.73 Å². The maximum atomic E-state index is 13.9. The van der Waals surface area contributed by atoms with Crippen LogP contribution in [0.25, 0.3) is 0 Å². The molecule has 0 bridgehead atoms. The van der Waals surface area contributed by atoms with Crippen LogP contribution in [0, 0.1) is 11.6 Å². The molecule has 6 heteroatoms. The molecule has 1 fully saturated rings. The number of hydrogen-bond donors (Lipinski definition) is 1. The van der Waals surface area contributed by atoms with Crippen molar-refractivity contribution in [1.29, 1.82) is 0 Å². The lowest BCUT2D eigenvalue weighted by atomic mass is 10.1. The molecule has 2 N–H and O–H groups in total. The summed E-state index contributed by atoms with van der Waals surface area (Å²) in [6, 6.07) is 4.05. The van der Waals surface area contributed by atoms with Crippen molar-refractivity contribution < 1.29 is 8.78 Å². The average Bonchev–Trinajstić information content (AvgIpc) is 3.14. The second-order valence-electron chi connectivity index (χ2n) is 5.74. The van der Waals surface area contributed by atoms with Crippen molar-refractivity contribution >= 4 is 16.5 Å². The highest BCUT2D eigenvalue weighted by Crippen LogP contribution is 2.28. The Bertz CT molecular complexity index is 638. The van der Waals surface area contributed by atoms with Gasteiger partial charge in [0.05, 0.1) is 0 Å². The van der Waals surface area contributed by atoms with Crippen LogP contribution in [0.5, 0.6) is 0 Å². The third-order valence-electron chi connectivity index (χ3n) is 4.15. The molecule has 1 saturated carbocycles. The van der Waals surface area contributed by atoms with E-state index in [1.165, 1.54) is 36.3 Å². The van der Waals surface area contributed by atoms with Crippen LogP contribution in [0.15, 0.2) is 24.4 Å². The zero-order chi connectivity index (χ0) is 15.5. The molecule has 1 aliphatic rings. The average molecular weight is 323 g/mol. The molecule has 1 heterocycles. The van der Waals surface area contributed by atoms with Gasteiger partial charge in [0.2, 0.25) is 0 Å². The molecule has 0 atom stereocenters. The largest absolute Gasteiger partial charge is 0.375 e. The van der Waals surface area contributed by atoms with E-state index in [1.54, 1.807) is 6.20 Å². The Morgan fingerprint density at radius 1 is 1.23 bits per heavy atom. The van der Waals surface area contributed by atoms with Gasteiger partial charge in [-0.05, 0) is 31.0 Å². The molecular weight excluding hydrogens is 304 g/mol. The van der Waals surface area contributed by atoms with Crippen LogP contribution in [0.4, 0.5) is 13.9 Å². The Hall–Kier alpha value is -1.53. The minimum absolute atomic E-state index is 0.354. The van der Waals surface area contributed by atoms with Gasteiger partial charge in [-0.15, -0.1) is 11.3 Å². The molecule has 22 heavy (non-hydrogen) atoms. The van der Waals surface area contributed by atoms with Crippen LogP contribution in [0.3, 0.4) is 0 Å². The van der Waals surface area contributed by atoms with Crippen molar-refractivity contribution in [2.75, 3.05) is 5.73 Å². The van der Waals surface area contributed by atoms with E-state index in [9.17, 15) is 8.78 Å². The van der Waals surface area contributed by atoms with Gasteiger partial charge in [-0.3, -0.25) is 4.90 Å². The molecule has 0 unspecified atom stereocenters. The predicted molar refractivity (Wildman–Crippen MR) is 84.4 cm³/mol. The summed E-state index contributed by atoms with van der Waals surface area (Å²) in [6.07, 6.45) is 6.36. The Morgan fingerprint density at radius 2 is 2.00 bits per heavy atom. The Labute approximate surface area is 132 Å². The molecular formula is C16H19F2N3S. The standard InChI is InChI=1S/C16H19F2N3S/c17-12-5-6-15(18)11(7-12)9-21(13-3-1-2-4-13)10-14-8-20-16(19)22-14/h5-8,13H,1-4,9-10H2,(H2,19,20). The first-order valence-corrected chi connectivity index (χ1v) is 8.31. The summed E-state index contributed by atoms with van der Waals surface area (Å²) < 4.78 is 27.3. The summed E-state index contributed by atoms with van der Waals surface area (Å²) in [6.45, 7) is 1.08. The maximum Gasteiger partial charge on any atom is 0.180 e. The molecule has 3 nitrogen and oxygen atoms in total. The zero-order valence-corrected chi connectivity index (χ0v) is 13.1. The first kappa shape index (κ1) is 15.4. The molecule has 0 radical (unpaired) electrons. The number of thiazole rings is 1. The molecule has 2 aromatic rings. The predicted octanol–water partition coefficient (Wildman–Crippen LogP) is 3.95. The molecule has 0 spiro atoms. The number of benzene rings is 1. The van der Waals surface area contributed by atoms with E-state index in [2.05, 4.69) is 9.88 Å². The molecule has 1 aromatic heterocycles. The van der Waals surface area contributed by atoms with Gasteiger partial charge in [-0.25, -0.2) is 13.8 Å². The van der Waals surface area contributed by atoms with Crippen LogP contribution in [0.2, 0.25) is 0 Å². The molecule has 118 valence electrons. The smallest absolute Gasteiger partial charge is 0.180 e. The number of rotatable bonds is 5. The van der Waals surface area contributed by atoms with E-state index in [-0.39, 0.29) is 5.82 Å². The molecule has 0 amide bonds. The molecule has 1 aliphatic carbocycles. The molecule has 1 aromatic carbocycles. The van der Waals surface area contributed by atoms with Crippen molar-refractivity contribution in [2.24, 2.45) is 0 Å². The van der Waals surface area contributed by atoms with Crippen LogP contribution in [-0.2, 0) is 13.1 Å². The number of nitrogen functional groups attached to an aromatic ring is 1. The van der Waals surface area contributed by atoms with Crippen molar-refractivity contribution in [3.05, 3.63) is 46.5 Å². The van der Waals surface area contributed by atoms with Crippen LogP contribution >= 0.6 is 11.3 Å². The van der Waals surface area contributed by atoms with Gasteiger partial charge < -0.3 is 5.73 Å². The van der Waals surface area contributed by atoms with E-state index < -0.39 is 5.82 Å². The summed E-state index contributed by atoms with van der Waals surface area (Å²) in [5, 5.41) is 0.540. The van der Waals surface area contributed by atoms with Gasteiger partial charge >= 0.3 is 0 Å². The number of halogens is 2. The highest BCUT2D eigenvalue weighted by Gasteiger charge is 2.24. The molecule has 0 saturated heterocycles. The molecule has 0 aliphatic heterocycles. The van der Waals surface area contributed by atoms with Gasteiger partial charge in [0.15, 0.2) is 5.13 Å². The van der Waals surface area contributed by atoms with Crippen molar-refractivity contribution in [3.8, 4) is 0 Å². The fraction of sp³-hybridized carbons (Fsp3) is 0.438. The highest BCUT2D eigenvalue weighted by atomic mass is 32.1. The summed E-state index contributed by atoms with van der Waals surface area (Å²) in [4.78, 5) is 7.35. The fourth-order valence-electron chi connectivity index (χ4n) is 3.06. The number of nitrogens with two attached hydrogens (primary N) is 1. The fourth-order valence-corrected chi connectivity index (χ4v) is 3.77. The van der Waals surface area contributed by atoms with Crippen molar-refractivity contribution in [1.82, 2.24) is 9.88 Å². The Morgan fingerprint density at radius 3 is 2.68 bits per heavy atom. The van der Waals surface area contributed by atoms with Gasteiger partial charge in [-0.1, -0.05) is 12.8 Å². The number of aromatic nitrogens is 1. The number of nitrogens with zero attached hydrogens (tertiary/aromatic N) is 2. The van der Waals surface area contributed by atoms with E-state index in [0.717, 1.165) is 23.8 Å². The maximum absolute atomic E-state index is 13.9. The highest BCUT2D eigenvalue weighted by molar-refractivity contribution is 7.15. The Balaban J connectivity index is 1.80. The normalized spacial score (nSPS) is 15.8. The van der Waals surface area contributed by atoms with E-state index >= 15 is 0 Å². The minimum atomic E-state index is -0.398. The van der Waals surface area contributed by atoms with Crippen molar-refractivity contribution in [3.63, 3.8) is 0 Å². The number of anilines is 1. The van der Waals surface area contributed by atoms with E-state index in [0.29, 0.717) is 29.8 Å². The topological polar surface area (TPSA) is 42.1 Å². The van der Waals surface area contributed by atoms with Crippen molar-refractivity contribution in [2.45, 2.75) is 44.8 Å². The first-order chi connectivity index (χ1) is 10.6. The monoisotopic (exact) mass is 323 g/mol. The third kappa shape index (κ3) is 3.62.